The second kappa shape index (κ2) is 8.86. The van der Waals surface area contributed by atoms with Crippen LogP contribution >= 0.6 is 0 Å². The van der Waals surface area contributed by atoms with Gasteiger partial charge in [-0.3, -0.25) is 14.5 Å². The van der Waals surface area contributed by atoms with Crippen molar-refractivity contribution < 1.29 is 18.0 Å². The van der Waals surface area contributed by atoms with Gasteiger partial charge in [-0.05, 0) is 43.7 Å². The zero-order valence-corrected chi connectivity index (χ0v) is 17.4. The summed E-state index contributed by atoms with van der Waals surface area (Å²) in [7, 11) is -3.61. The van der Waals surface area contributed by atoms with Crippen molar-refractivity contribution in [3.63, 3.8) is 0 Å². The molecule has 0 saturated carbocycles. The van der Waals surface area contributed by atoms with Gasteiger partial charge in [-0.15, -0.1) is 0 Å². The molecule has 154 valence electrons. The molecule has 0 unspecified atom stereocenters. The van der Waals surface area contributed by atoms with E-state index in [4.69, 9.17) is 0 Å². The Balaban J connectivity index is 1.55. The van der Waals surface area contributed by atoms with Gasteiger partial charge in [0.15, 0.2) is 5.78 Å². The molecule has 1 aliphatic rings. The molecule has 0 aliphatic carbocycles. The first-order valence-corrected chi connectivity index (χ1v) is 10.9. The highest BCUT2D eigenvalue weighted by Gasteiger charge is 2.29. The minimum Gasteiger partial charge on any atom is -0.325 e. The van der Waals surface area contributed by atoms with E-state index in [0.29, 0.717) is 31.7 Å². The van der Waals surface area contributed by atoms with Gasteiger partial charge in [0.25, 0.3) is 0 Å². The average Bonchev–Trinajstić information content (AvgIpc) is 2.68. The third-order valence-electron chi connectivity index (χ3n) is 4.90. The van der Waals surface area contributed by atoms with Gasteiger partial charge in [0.05, 0.1) is 11.4 Å². The number of nitrogens with zero attached hydrogens (tertiary/aromatic N) is 2. The van der Waals surface area contributed by atoms with Gasteiger partial charge < -0.3 is 5.32 Å². The maximum absolute atomic E-state index is 12.8. The molecule has 7 nitrogen and oxygen atoms in total. The smallest absolute Gasteiger partial charge is 0.243 e. The SMILES string of the molecule is CC(=O)c1ccc(S(=O)(=O)N2CCN(CC(=O)Nc3cccc(C)c3)CC2)cc1. The van der Waals surface area contributed by atoms with E-state index in [0.717, 1.165) is 11.3 Å². The molecule has 0 bridgehead atoms. The van der Waals surface area contributed by atoms with Gasteiger partial charge in [0.2, 0.25) is 15.9 Å². The van der Waals surface area contributed by atoms with E-state index in [1.165, 1.54) is 35.5 Å². The number of nitrogens with one attached hydrogen (secondary N) is 1. The fourth-order valence-electron chi connectivity index (χ4n) is 3.27. The number of rotatable bonds is 6. The third-order valence-corrected chi connectivity index (χ3v) is 6.81. The van der Waals surface area contributed by atoms with Crippen molar-refractivity contribution in [2.24, 2.45) is 0 Å². The molecule has 0 aromatic heterocycles. The Bertz CT molecular complexity index is 995. The molecule has 1 amide bonds. The van der Waals surface area contributed by atoms with Crippen molar-refractivity contribution >= 4 is 27.4 Å². The Morgan fingerprint density at radius 1 is 1.00 bits per heavy atom. The molecule has 1 aliphatic heterocycles. The van der Waals surface area contributed by atoms with Gasteiger partial charge in [-0.1, -0.05) is 24.3 Å². The number of Topliss-reactive ketones (excluding diaryl/α,β-unsaturated/α-hetero) is 1. The number of sulfonamides is 1. The molecular weight excluding hydrogens is 390 g/mol. The quantitative estimate of drug-likeness (QED) is 0.731. The van der Waals surface area contributed by atoms with Crippen LogP contribution in [0, 0.1) is 6.92 Å². The number of aryl methyl sites for hydroxylation is 1. The fourth-order valence-corrected chi connectivity index (χ4v) is 4.69. The first kappa shape index (κ1) is 21.2. The summed E-state index contributed by atoms with van der Waals surface area (Å²) >= 11 is 0. The Morgan fingerprint density at radius 2 is 1.66 bits per heavy atom. The van der Waals surface area contributed by atoms with Crippen molar-refractivity contribution in [1.29, 1.82) is 0 Å². The van der Waals surface area contributed by atoms with Crippen molar-refractivity contribution in [3.8, 4) is 0 Å². The second-order valence-corrected chi connectivity index (χ2v) is 9.12. The van der Waals surface area contributed by atoms with E-state index in [2.05, 4.69) is 5.32 Å². The molecule has 0 radical (unpaired) electrons. The van der Waals surface area contributed by atoms with Gasteiger partial charge in [-0.25, -0.2) is 8.42 Å². The fraction of sp³-hybridized carbons (Fsp3) is 0.333. The summed E-state index contributed by atoms with van der Waals surface area (Å²) in [5.41, 5.74) is 2.30. The van der Waals surface area contributed by atoms with Crippen molar-refractivity contribution in [2.45, 2.75) is 18.7 Å². The van der Waals surface area contributed by atoms with Crippen LogP contribution in [0.4, 0.5) is 5.69 Å². The van der Waals surface area contributed by atoms with E-state index in [9.17, 15) is 18.0 Å². The number of carbonyl (C=O) groups is 2. The van der Waals surface area contributed by atoms with E-state index in [-0.39, 0.29) is 23.1 Å². The number of benzene rings is 2. The molecule has 1 saturated heterocycles. The Kier molecular flexibility index (Phi) is 6.46. The standard InChI is InChI=1S/C21H25N3O4S/c1-16-4-3-5-19(14-16)22-21(26)15-23-10-12-24(13-11-23)29(27,28)20-8-6-18(7-9-20)17(2)25/h3-9,14H,10-13,15H2,1-2H3,(H,22,26). The largest absolute Gasteiger partial charge is 0.325 e. The zero-order valence-electron chi connectivity index (χ0n) is 16.6. The van der Waals surface area contributed by atoms with Crippen LogP contribution in [0.1, 0.15) is 22.8 Å². The number of anilines is 1. The summed E-state index contributed by atoms with van der Waals surface area (Å²) in [5.74, 6) is -0.224. The number of piperazine rings is 1. The van der Waals surface area contributed by atoms with Crippen LogP contribution in [0.2, 0.25) is 0 Å². The molecule has 0 atom stereocenters. The summed E-state index contributed by atoms with van der Waals surface area (Å²) in [5, 5.41) is 2.87. The molecular formula is C21H25N3O4S. The molecule has 0 spiro atoms. The predicted molar refractivity (Wildman–Crippen MR) is 111 cm³/mol. The van der Waals surface area contributed by atoms with Gasteiger partial charge in [0.1, 0.15) is 0 Å². The third kappa shape index (κ3) is 5.29. The number of hydrogen-bond donors (Lipinski definition) is 1. The molecule has 2 aromatic carbocycles. The lowest BCUT2D eigenvalue weighted by Gasteiger charge is -2.33. The number of ketones is 1. The van der Waals surface area contributed by atoms with Crippen LogP contribution < -0.4 is 5.32 Å². The van der Waals surface area contributed by atoms with Crippen molar-refractivity contribution in [3.05, 3.63) is 59.7 Å². The Hall–Kier alpha value is -2.55. The van der Waals surface area contributed by atoms with Crippen LogP contribution in [0.15, 0.2) is 53.4 Å². The molecule has 1 heterocycles. The number of carbonyl (C=O) groups excluding carboxylic acids is 2. The first-order chi connectivity index (χ1) is 13.8. The monoisotopic (exact) mass is 415 g/mol. The molecule has 3 rings (SSSR count). The lowest BCUT2D eigenvalue weighted by Crippen LogP contribution is -2.50. The maximum Gasteiger partial charge on any atom is 0.243 e. The normalized spacial score (nSPS) is 15.8. The van der Waals surface area contributed by atoms with Gasteiger partial charge in [-0.2, -0.15) is 4.31 Å². The Labute approximate surface area is 171 Å². The lowest BCUT2D eigenvalue weighted by atomic mass is 10.2. The number of hydrogen-bond acceptors (Lipinski definition) is 5. The molecule has 8 heteroatoms. The minimum absolute atomic E-state index is 0.105. The summed E-state index contributed by atoms with van der Waals surface area (Å²) in [6.45, 7) is 5.21. The average molecular weight is 416 g/mol. The van der Waals surface area contributed by atoms with Crippen LogP contribution in [-0.4, -0.2) is 62.0 Å². The highest BCUT2D eigenvalue weighted by Crippen LogP contribution is 2.18. The summed E-state index contributed by atoms with van der Waals surface area (Å²) in [6, 6.07) is 13.6. The van der Waals surface area contributed by atoms with E-state index >= 15 is 0 Å². The zero-order chi connectivity index (χ0) is 21.0. The molecule has 2 aromatic rings. The summed E-state index contributed by atoms with van der Waals surface area (Å²) in [6.07, 6.45) is 0. The number of amides is 1. The van der Waals surface area contributed by atoms with E-state index in [1.54, 1.807) is 0 Å². The topological polar surface area (TPSA) is 86.8 Å². The summed E-state index contributed by atoms with van der Waals surface area (Å²) in [4.78, 5) is 25.7. The molecule has 29 heavy (non-hydrogen) atoms. The Morgan fingerprint density at radius 3 is 2.24 bits per heavy atom. The molecule has 1 N–H and O–H groups in total. The van der Waals surface area contributed by atoms with Crippen LogP contribution in [0.3, 0.4) is 0 Å². The van der Waals surface area contributed by atoms with Crippen LogP contribution in [0.5, 0.6) is 0 Å². The van der Waals surface area contributed by atoms with Gasteiger partial charge >= 0.3 is 0 Å². The summed E-state index contributed by atoms with van der Waals surface area (Å²) < 4.78 is 27.0. The van der Waals surface area contributed by atoms with Crippen LogP contribution in [0.25, 0.3) is 0 Å². The second-order valence-electron chi connectivity index (χ2n) is 7.18. The van der Waals surface area contributed by atoms with Crippen molar-refractivity contribution in [1.82, 2.24) is 9.21 Å². The van der Waals surface area contributed by atoms with E-state index in [1.807, 2.05) is 36.1 Å². The van der Waals surface area contributed by atoms with Crippen LogP contribution in [-0.2, 0) is 14.8 Å². The minimum atomic E-state index is -3.61. The first-order valence-electron chi connectivity index (χ1n) is 9.46. The van der Waals surface area contributed by atoms with Crippen molar-refractivity contribution in [2.75, 3.05) is 38.0 Å². The van der Waals surface area contributed by atoms with E-state index < -0.39 is 10.0 Å². The highest BCUT2D eigenvalue weighted by atomic mass is 32.2. The maximum atomic E-state index is 12.8. The van der Waals surface area contributed by atoms with Gasteiger partial charge in [0, 0.05) is 37.4 Å². The lowest BCUT2D eigenvalue weighted by molar-refractivity contribution is -0.117. The predicted octanol–water partition coefficient (Wildman–Crippen LogP) is 2.14. The molecule has 1 fully saturated rings. The highest BCUT2D eigenvalue weighted by molar-refractivity contribution is 7.89.